The molecule has 2 atom stereocenters. The van der Waals surface area contributed by atoms with E-state index >= 15 is 0 Å². The molecule has 14 heavy (non-hydrogen) atoms. The highest BCUT2D eigenvalue weighted by atomic mass is 31.2. The summed E-state index contributed by atoms with van der Waals surface area (Å²) in [7, 11) is -1.16. The zero-order chi connectivity index (χ0) is 10.8. The monoisotopic (exact) mass is 223 g/mol. The molecule has 1 fully saturated rings. The number of rotatable bonds is 4. The molecular weight excluding hydrogens is 209 g/mol. The van der Waals surface area contributed by atoms with Crippen LogP contribution in [0.4, 0.5) is 0 Å². The first kappa shape index (κ1) is 11.7. The van der Waals surface area contributed by atoms with Gasteiger partial charge in [0.25, 0.3) is 0 Å². The summed E-state index contributed by atoms with van der Waals surface area (Å²) < 4.78 is 19.8. The standard InChI is InChI=1S/C7H14NO5P/c1-8-4-3-6(7(8)9)5-13-14(10,11)12-2/h6H,3-5H2,1-2H3,(H,10,11). The molecule has 0 aromatic heterocycles. The molecule has 0 spiro atoms. The molecule has 1 aliphatic rings. The summed E-state index contributed by atoms with van der Waals surface area (Å²) in [6.45, 7) is 0.598. The third-order valence-corrected chi connectivity index (χ3v) is 3.14. The Morgan fingerprint density at radius 2 is 2.36 bits per heavy atom. The Labute approximate surface area is 82.4 Å². The molecule has 1 amide bonds. The molecule has 6 nitrogen and oxygen atoms in total. The van der Waals surface area contributed by atoms with Crippen molar-refractivity contribution in [3.05, 3.63) is 0 Å². The Morgan fingerprint density at radius 3 is 2.79 bits per heavy atom. The first-order valence-corrected chi connectivity index (χ1v) is 5.74. The normalized spacial score (nSPS) is 26.6. The molecule has 82 valence electrons. The van der Waals surface area contributed by atoms with E-state index in [4.69, 9.17) is 4.89 Å². The second-order valence-corrected chi connectivity index (χ2v) is 4.75. The Balaban J connectivity index is 2.40. The van der Waals surface area contributed by atoms with Crippen LogP contribution in [-0.4, -0.2) is 43.0 Å². The maximum atomic E-state index is 11.3. The quantitative estimate of drug-likeness (QED) is 0.690. The van der Waals surface area contributed by atoms with Crippen molar-refractivity contribution in [1.82, 2.24) is 4.90 Å². The van der Waals surface area contributed by atoms with Gasteiger partial charge in [0.2, 0.25) is 5.91 Å². The van der Waals surface area contributed by atoms with Crippen molar-refractivity contribution in [3.63, 3.8) is 0 Å². The molecule has 0 aromatic carbocycles. The van der Waals surface area contributed by atoms with Crippen molar-refractivity contribution in [2.75, 3.05) is 27.3 Å². The SMILES string of the molecule is COP(=O)(O)OCC1CCN(C)C1=O. The molecule has 2 unspecified atom stereocenters. The Hall–Kier alpha value is -0.420. The van der Waals surface area contributed by atoms with E-state index in [-0.39, 0.29) is 18.4 Å². The largest absolute Gasteiger partial charge is 0.471 e. The number of hydrogen-bond donors (Lipinski definition) is 1. The van der Waals surface area contributed by atoms with Crippen molar-refractivity contribution < 1.29 is 23.3 Å². The van der Waals surface area contributed by atoms with Crippen molar-refractivity contribution in [3.8, 4) is 0 Å². The lowest BCUT2D eigenvalue weighted by Gasteiger charge is -2.12. The van der Waals surface area contributed by atoms with Gasteiger partial charge in [0, 0.05) is 20.7 Å². The number of carbonyl (C=O) groups is 1. The lowest BCUT2D eigenvalue weighted by atomic mass is 10.1. The molecule has 0 aliphatic carbocycles. The second-order valence-electron chi connectivity index (χ2n) is 3.19. The van der Waals surface area contributed by atoms with Crippen molar-refractivity contribution in [2.24, 2.45) is 5.92 Å². The van der Waals surface area contributed by atoms with Crippen LogP contribution >= 0.6 is 7.82 Å². The molecule has 1 saturated heterocycles. The van der Waals surface area contributed by atoms with Gasteiger partial charge in [-0.15, -0.1) is 0 Å². The molecule has 0 aromatic rings. The predicted octanol–water partition coefficient (Wildman–Crippen LogP) is 0.228. The van der Waals surface area contributed by atoms with Crippen LogP contribution in [0.15, 0.2) is 0 Å². The number of carbonyl (C=O) groups excluding carboxylic acids is 1. The first-order chi connectivity index (χ1) is 6.46. The molecule has 0 saturated carbocycles. The van der Waals surface area contributed by atoms with E-state index in [2.05, 4.69) is 9.05 Å². The highest BCUT2D eigenvalue weighted by molar-refractivity contribution is 7.47. The molecule has 0 bridgehead atoms. The van der Waals surface area contributed by atoms with E-state index in [1.165, 1.54) is 0 Å². The van der Waals surface area contributed by atoms with Gasteiger partial charge in [0.1, 0.15) is 0 Å². The van der Waals surface area contributed by atoms with E-state index in [9.17, 15) is 9.36 Å². The number of nitrogens with zero attached hydrogens (tertiary/aromatic N) is 1. The zero-order valence-corrected chi connectivity index (χ0v) is 9.07. The average Bonchev–Trinajstić information content (AvgIpc) is 2.45. The van der Waals surface area contributed by atoms with Gasteiger partial charge in [-0.05, 0) is 6.42 Å². The summed E-state index contributed by atoms with van der Waals surface area (Å²) in [6.07, 6.45) is 0.652. The van der Waals surface area contributed by atoms with Gasteiger partial charge in [-0.3, -0.25) is 13.8 Å². The highest BCUT2D eigenvalue weighted by Gasteiger charge is 2.31. The number of amides is 1. The molecule has 1 rings (SSSR count). The van der Waals surface area contributed by atoms with Gasteiger partial charge in [0.15, 0.2) is 0 Å². The lowest BCUT2D eigenvalue weighted by Crippen LogP contribution is -2.24. The van der Waals surface area contributed by atoms with Gasteiger partial charge in [-0.25, -0.2) is 4.57 Å². The van der Waals surface area contributed by atoms with E-state index in [0.717, 1.165) is 7.11 Å². The summed E-state index contributed by atoms with van der Waals surface area (Å²) in [4.78, 5) is 21.8. The highest BCUT2D eigenvalue weighted by Crippen LogP contribution is 2.42. The average molecular weight is 223 g/mol. The van der Waals surface area contributed by atoms with Crippen LogP contribution in [0, 0.1) is 5.92 Å². The van der Waals surface area contributed by atoms with E-state index in [0.29, 0.717) is 13.0 Å². The molecule has 0 radical (unpaired) electrons. The Kier molecular flexibility index (Phi) is 3.66. The number of likely N-dealkylation sites (tertiary alicyclic amines) is 1. The van der Waals surface area contributed by atoms with E-state index in [1.807, 2.05) is 0 Å². The fourth-order valence-corrected chi connectivity index (χ4v) is 1.76. The van der Waals surface area contributed by atoms with Crippen LogP contribution in [0.5, 0.6) is 0 Å². The van der Waals surface area contributed by atoms with E-state index in [1.54, 1.807) is 11.9 Å². The molecule has 1 aliphatic heterocycles. The van der Waals surface area contributed by atoms with Gasteiger partial charge >= 0.3 is 7.82 Å². The third kappa shape index (κ3) is 2.78. The minimum atomic E-state index is -3.94. The van der Waals surface area contributed by atoms with E-state index < -0.39 is 7.82 Å². The van der Waals surface area contributed by atoms with Crippen LogP contribution < -0.4 is 0 Å². The molecule has 1 N–H and O–H groups in total. The molecule has 1 heterocycles. The summed E-state index contributed by atoms with van der Waals surface area (Å²) in [6, 6.07) is 0. The number of hydrogen-bond acceptors (Lipinski definition) is 4. The Morgan fingerprint density at radius 1 is 1.71 bits per heavy atom. The van der Waals surface area contributed by atoms with Gasteiger partial charge in [0.05, 0.1) is 12.5 Å². The lowest BCUT2D eigenvalue weighted by molar-refractivity contribution is -0.130. The summed E-state index contributed by atoms with van der Waals surface area (Å²) >= 11 is 0. The first-order valence-electron chi connectivity index (χ1n) is 4.24. The molecule has 7 heteroatoms. The summed E-state index contributed by atoms with van der Waals surface area (Å²) in [5, 5.41) is 0. The van der Waals surface area contributed by atoms with Gasteiger partial charge in [-0.2, -0.15) is 0 Å². The van der Waals surface area contributed by atoms with Gasteiger partial charge < -0.3 is 9.79 Å². The smallest absolute Gasteiger partial charge is 0.345 e. The minimum absolute atomic E-state index is 0.0545. The zero-order valence-electron chi connectivity index (χ0n) is 8.17. The van der Waals surface area contributed by atoms with Crippen LogP contribution in [0.2, 0.25) is 0 Å². The van der Waals surface area contributed by atoms with Crippen molar-refractivity contribution in [1.29, 1.82) is 0 Å². The van der Waals surface area contributed by atoms with Crippen LogP contribution in [-0.2, 0) is 18.4 Å². The molecular formula is C7H14NO5P. The van der Waals surface area contributed by atoms with Crippen molar-refractivity contribution >= 4 is 13.7 Å². The number of phosphoric ester groups is 1. The fraction of sp³-hybridized carbons (Fsp3) is 0.857. The maximum Gasteiger partial charge on any atom is 0.471 e. The van der Waals surface area contributed by atoms with Crippen LogP contribution in [0.25, 0.3) is 0 Å². The summed E-state index contributed by atoms with van der Waals surface area (Å²) in [5.41, 5.74) is 0. The van der Waals surface area contributed by atoms with Crippen LogP contribution in [0.3, 0.4) is 0 Å². The number of phosphoric acid groups is 1. The van der Waals surface area contributed by atoms with Crippen molar-refractivity contribution in [2.45, 2.75) is 6.42 Å². The summed E-state index contributed by atoms with van der Waals surface area (Å²) in [5.74, 6) is -0.378. The maximum absolute atomic E-state index is 11.3. The van der Waals surface area contributed by atoms with Crippen LogP contribution in [0.1, 0.15) is 6.42 Å². The topological polar surface area (TPSA) is 76.1 Å². The third-order valence-electron chi connectivity index (χ3n) is 2.21. The Bertz CT molecular complexity index is 269. The predicted molar refractivity (Wildman–Crippen MR) is 48.5 cm³/mol. The fourth-order valence-electron chi connectivity index (χ4n) is 1.29. The van der Waals surface area contributed by atoms with Gasteiger partial charge in [-0.1, -0.05) is 0 Å². The second kappa shape index (κ2) is 4.40. The minimum Gasteiger partial charge on any atom is -0.345 e.